The highest BCUT2D eigenvalue weighted by molar-refractivity contribution is 9.10. The lowest BCUT2D eigenvalue weighted by atomic mass is 10.0. The van der Waals surface area contributed by atoms with Crippen LogP contribution in [0.5, 0.6) is 5.75 Å². The van der Waals surface area contributed by atoms with Gasteiger partial charge in [0.1, 0.15) is 11.6 Å². The second-order valence-electron chi connectivity index (χ2n) is 7.38. The van der Waals surface area contributed by atoms with Crippen molar-refractivity contribution in [2.45, 2.75) is 32.2 Å². The van der Waals surface area contributed by atoms with Crippen LogP contribution in [-0.2, 0) is 9.59 Å². The molecule has 164 valence electrons. The Morgan fingerprint density at radius 3 is 2.71 bits per heavy atom. The molecule has 5 nitrogen and oxygen atoms in total. The summed E-state index contributed by atoms with van der Waals surface area (Å²) in [5.41, 5.74) is 1.12. The maximum atomic E-state index is 13.9. The largest absolute Gasteiger partial charge is 0.483 e. The number of hydrogen-bond donors (Lipinski definition) is 1. The van der Waals surface area contributed by atoms with Gasteiger partial charge >= 0.3 is 0 Å². The molecular weight excluding hydrogens is 463 g/mol. The molecule has 0 saturated carbocycles. The highest BCUT2D eigenvalue weighted by atomic mass is 79.9. The van der Waals surface area contributed by atoms with Crippen LogP contribution in [-0.4, -0.2) is 36.4 Å². The summed E-state index contributed by atoms with van der Waals surface area (Å²) >= 11 is 3.30. The van der Waals surface area contributed by atoms with Gasteiger partial charge in [-0.2, -0.15) is 0 Å². The standard InChI is InChI=1S/C24H26BrFN2O3/c1-2-21(27-23(29)12-9-17-15-18(25)10-11-20(17)26)19-7-3-4-8-22(19)31-16-24(30)28-13-5-6-14-28/h3-4,7-12,15,21H,2,5-6,13-14,16H2,1H3,(H,27,29). The van der Waals surface area contributed by atoms with Crippen molar-refractivity contribution >= 4 is 33.8 Å². The van der Waals surface area contributed by atoms with Gasteiger partial charge in [0.05, 0.1) is 6.04 Å². The molecule has 2 amide bonds. The van der Waals surface area contributed by atoms with Crippen molar-refractivity contribution in [2.24, 2.45) is 0 Å². The van der Waals surface area contributed by atoms with Crippen LogP contribution in [0, 0.1) is 5.82 Å². The second-order valence-corrected chi connectivity index (χ2v) is 8.30. The molecule has 1 fully saturated rings. The van der Waals surface area contributed by atoms with E-state index in [1.165, 1.54) is 18.2 Å². The molecule has 1 aliphatic heterocycles. The molecule has 1 heterocycles. The van der Waals surface area contributed by atoms with Crippen LogP contribution in [0.2, 0.25) is 0 Å². The summed E-state index contributed by atoms with van der Waals surface area (Å²) in [5, 5.41) is 2.94. The summed E-state index contributed by atoms with van der Waals surface area (Å²) in [6.07, 6.45) is 5.45. The van der Waals surface area contributed by atoms with Gasteiger partial charge in [0.25, 0.3) is 5.91 Å². The minimum absolute atomic E-state index is 0.0243. The summed E-state index contributed by atoms with van der Waals surface area (Å²) in [6.45, 7) is 3.49. The van der Waals surface area contributed by atoms with Gasteiger partial charge in [0, 0.05) is 34.8 Å². The van der Waals surface area contributed by atoms with Crippen molar-refractivity contribution < 1.29 is 18.7 Å². The van der Waals surface area contributed by atoms with E-state index in [2.05, 4.69) is 21.2 Å². The molecule has 2 aromatic rings. The molecule has 2 aromatic carbocycles. The zero-order chi connectivity index (χ0) is 22.2. The van der Waals surface area contributed by atoms with E-state index < -0.39 is 5.82 Å². The molecule has 1 unspecified atom stereocenters. The zero-order valence-corrected chi connectivity index (χ0v) is 19.0. The van der Waals surface area contributed by atoms with E-state index in [4.69, 9.17) is 4.74 Å². The van der Waals surface area contributed by atoms with Crippen LogP contribution in [0.15, 0.2) is 53.0 Å². The van der Waals surface area contributed by atoms with E-state index in [0.29, 0.717) is 17.7 Å². The molecule has 1 saturated heterocycles. The van der Waals surface area contributed by atoms with E-state index in [1.54, 1.807) is 18.2 Å². The van der Waals surface area contributed by atoms with Gasteiger partial charge < -0.3 is 15.0 Å². The van der Waals surface area contributed by atoms with Crippen LogP contribution >= 0.6 is 15.9 Å². The van der Waals surface area contributed by atoms with Crippen molar-refractivity contribution in [3.8, 4) is 5.75 Å². The van der Waals surface area contributed by atoms with Crippen LogP contribution < -0.4 is 10.1 Å². The lowest BCUT2D eigenvalue weighted by Crippen LogP contribution is -2.32. The van der Waals surface area contributed by atoms with Crippen molar-refractivity contribution in [1.82, 2.24) is 10.2 Å². The summed E-state index contributed by atoms with van der Waals surface area (Å²) in [7, 11) is 0. The average Bonchev–Trinajstić information content (AvgIpc) is 3.32. The Labute approximate surface area is 190 Å². The van der Waals surface area contributed by atoms with Gasteiger partial charge in [-0.25, -0.2) is 4.39 Å². The number of nitrogens with one attached hydrogen (secondary N) is 1. The minimum Gasteiger partial charge on any atom is -0.483 e. The number of nitrogens with zero attached hydrogens (tertiary/aromatic N) is 1. The molecule has 1 aliphatic rings. The maximum Gasteiger partial charge on any atom is 0.260 e. The van der Waals surface area contributed by atoms with Crippen LogP contribution in [0.3, 0.4) is 0 Å². The van der Waals surface area contributed by atoms with Crippen molar-refractivity contribution in [3.63, 3.8) is 0 Å². The highest BCUT2D eigenvalue weighted by Gasteiger charge is 2.20. The Hall–Kier alpha value is -2.67. The van der Waals surface area contributed by atoms with E-state index in [-0.39, 0.29) is 24.5 Å². The van der Waals surface area contributed by atoms with Crippen molar-refractivity contribution in [3.05, 3.63) is 70.0 Å². The fourth-order valence-corrected chi connectivity index (χ4v) is 3.90. The molecule has 3 rings (SSSR count). The molecule has 1 N–H and O–H groups in total. The normalized spacial score (nSPS) is 14.6. The van der Waals surface area contributed by atoms with E-state index in [1.807, 2.05) is 30.0 Å². The van der Waals surface area contributed by atoms with Crippen LogP contribution in [0.25, 0.3) is 6.08 Å². The predicted molar refractivity (Wildman–Crippen MR) is 122 cm³/mol. The molecule has 0 aliphatic carbocycles. The summed E-state index contributed by atoms with van der Waals surface area (Å²) in [6, 6.07) is 11.6. The molecule has 7 heteroatoms. The van der Waals surface area contributed by atoms with Crippen molar-refractivity contribution in [2.75, 3.05) is 19.7 Å². The predicted octanol–water partition coefficient (Wildman–Crippen LogP) is 4.87. The fraction of sp³-hybridized carbons (Fsp3) is 0.333. The Kier molecular flexibility index (Phi) is 8.23. The maximum absolute atomic E-state index is 13.9. The number of carbonyl (C=O) groups excluding carboxylic acids is 2. The number of ether oxygens (including phenoxy) is 1. The van der Waals surface area contributed by atoms with Gasteiger partial charge in [0.2, 0.25) is 5.91 Å². The van der Waals surface area contributed by atoms with Crippen molar-refractivity contribution in [1.29, 1.82) is 0 Å². The third kappa shape index (κ3) is 6.40. The first kappa shape index (κ1) is 23.0. The van der Waals surface area contributed by atoms with E-state index in [9.17, 15) is 14.0 Å². The lowest BCUT2D eigenvalue weighted by molar-refractivity contribution is -0.132. The smallest absolute Gasteiger partial charge is 0.260 e. The van der Waals surface area contributed by atoms with Crippen LogP contribution in [0.4, 0.5) is 4.39 Å². The highest BCUT2D eigenvalue weighted by Crippen LogP contribution is 2.27. The number of amides is 2. The quantitative estimate of drug-likeness (QED) is 0.539. The first-order chi connectivity index (χ1) is 15.0. The van der Waals surface area contributed by atoms with E-state index >= 15 is 0 Å². The topological polar surface area (TPSA) is 58.6 Å². The number of likely N-dealkylation sites (tertiary alicyclic amines) is 1. The Balaban J connectivity index is 1.66. The number of hydrogen-bond acceptors (Lipinski definition) is 3. The number of rotatable bonds is 8. The zero-order valence-electron chi connectivity index (χ0n) is 17.4. The summed E-state index contributed by atoms with van der Waals surface area (Å²) < 4.78 is 20.4. The second kappa shape index (κ2) is 11.1. The molecule has 0 bridgehead atoms. The molecule has 0 spiro atoms. The lowest BCUT2D eigenvalue weighted by Gasteiger charge is -2.21. The number of para-hydroxylation sites is 1. The number of carbonyl (C=O) groups is 2. The van der Waals surface area contributed by atoms with Gasteiger partial charge in [-0.05, 0) is 49.6 Å². The Morgan fingerprint density at radius 1 is 1.23 bits per heavy atom. The van der Waals surface area contributed by atoms with Crippen LogP contribution in [0.1, 0.15) is 43.4 Å². The molecule has 0 aromatic heterocycles. The number of halogens is 2. The third-order valence-electron chi connectivity index (χ3n) is 5.20. The monoisotopic (exact) mass is 488 g/mol. The van der Waals surface area contributed by atoms with Gasteiger partial charge in [-0.1, -0.05) is 41.1 Å². The van der Waals surface area contributed by atoms with Gasteiger partial charge in [0.15, 0.2) is 6.61 Å². The summed E-state index contributed by atoms with van der Waals surface area (Å²) in [4.78, 5) is 26.6. The third-order valence-corrected chi connectivity index (χ3v) is 5.69. The first-order valence-electron chi connectivity index (χ1n) is 10.4. The SMILES string of the molecule is CCC(NC(=O)C=Cc1cc(Br)ccc1F)c1ccccc1OCC(=O)N1CCCC1. The van der Waals surface area contributed by atoms with Gasteiger partial charge in [-0.15, -0.1) is 0 Å². The number of benzene rings is 2. The summed E-state index contributed by atoms with van der Waals surface area (Å²) in [5.74, 6) is -0.192. The Bertz CT molecular complexity index is 958. The minimum atomic E-state index is -0.402. The van der Waals surface area contributed by atoms with E-state index in [0.717, 1.165) is 36.0 Å². The van der Waals surface area contributed by atoms with Gasteiger partial charge in [-0.3, -0.25) is 9.59 Å². The molecule has 0 radical (unpaired) electrons. The molecule has 31 heavy (non-hydrogen) atoms. The Morgan fingerprint density at radius 2 is 1.97 bits per heavy atom. The molecule has 1 atom stereocenters. The molecular formula is C24H26BrFN2O3. The fourth-order valence-electron chi connectivity index (χ4n) is 3.52. The average molecular weight is 489 g/mol. The first-order valence-corrected chi connectivity index (χ1v) is 11.2.